The van der Waals surface area contributed by atoms with Gasteiger partial charge in [0.05, 0.1) is 0 Å². The van der Waals surface area contributed by atoms with Crippen LogP contribution >= 0.6 is 0 Å². The van der Waals surface area contributed by atoms with Gasteiger partial charge in [0.1, 0.15) is 5.78 Å². The SMILES string of the molecule is CN1CCN(C)C(CC(=O)Cc2cccc(F)c2F)C1. The van der Waals surface area contributed by atoms with E-state index in [0.29, 0.717) is 6.42 Å². The van der Waals surface area contributed by atoms with Gasteiger partial charge in [0, 0.05) is 38.5 Å². The summed E-state index contributed by atoms with van der Waals surface area (Å²) in [6.07, 6.45) is 0.328. The van der Waals surface area contributed by atoms with Crippen molar-refractivity contribution in [1.29, 1.82) is 0 Å². The first-order valence-corrected chi connectivity index (χ1v) is 6.80. The van der Waals surface area contributed by atoms with Crippen molar-refractivity contribution in [2.75, 3.05) is 33.7 Å². The summed E-state index contributed by atoms with van der Waals surface area (Å²) in [5, 5.41) is 0. The Kier molecular flexibility index (Phi) is 4.83. The van der Waals surface area contributed by atoms with Crippen LogP contribution in [0, 0.1) is 11.6 Å². The van der Waals surface area contributed by atoms with Gasteiger partial charge in [-0.3, -0.25) is 4.79 Å². The van der Waals surface area contributed by atoms with E-state index in [2.05, 4.69) is 9.80 Å². The molecule has 3 nitrogen and oxygen atoms in total. The van der Waals surface area contributed by atoms with Crippen LogP contribution in [-0.2, 0) is 11.2 Å². The van der Waals surface area contributed by atoms with Crippen LogP contribution in [0.3, 0.4) is 0 Å². The number of hydrogen-bond acceptors (Lipinski definition) is 3. The molecule has 0 aromatic heterocycles. The summed E-state index contributed by atoms with van der Waals surface area (Å²) in [6, 6.07) is 4.11. The van der Waals surface area contributed by atoms with Gasteiger partial charge in [0.25, 0.3) is 0 Å². The zero-order valence-corrected chi connectivity index (χ0v) is 11.9. The largest absolute Gasteiger partial charge is 0.304 e. The third-order valence-corrected chi connectivity index (χ3v) is 3.86. The van der Waals surface area contributed by atoms with E-state index in [-0.39, 0.29) is 23.8 Å². The summed E-state index contributed by atoms with van der Waals surface area (Å²) >= 11 is 0. The van der Waals surface area contributed by atoms with Gasteiger partial charge in [-0.15, -0.1) is 0 Å². The molecule has 0 radical (unpaired) electrons. The van der Waals surface area contributed by atoms with Crippen molar-refractivity contribution in [3.63, 3.8) is 0 Å². The number of carbonyl (C=O) groups is 1. The summed E-state index contributed by atoms with van der Waals surface area (Å²) in [5.41, 5.74) is 0.141. The Morgan fingerprint density at radius 3 is 2.80 bits per heavy atom. The van der Waals surface area contributed by atoms with Gasteiger partial charge >= 0.3 is 0 Å². The molecule has 5 heteroatoms. The highest BCUT2D eigenvalue weighted by atomic mass is 19.2. The van der Waals surface area contributed by atoms with E-state index in [1.54, 1.807) is 0 Å². The standard InChI is InChI=1S/C15H20F2N2O/c1-18-6-7-19(2)12(10-18)9-13(20)8-11-4-3-5-14(16)15(11)17/h3-5,12H,6-10H2,1-2H3. The smallest absolute Gasteiger partial charge is 0.162 e. The monoisotopic (exact) mass is 282 g/mol. The van der Waals surface area contributed by atoms with Crippen molar-refractivity contribution in [2.24, 2.45) is 0 Å². The van der Waals surface area contributed by atoms with Crippen LogP contribution in [-0.4, -0.2) is 55.4 Å². The average Bonchev–Trinajstić information content (AvgIpc) is 2.39. The molecule has 0 amide bonds. The molecule has 2 rings (SSSR count). The number of rotatable bonds is 4. The van der Waals surface area contributed by atoms with Gasteiger partial charge < -0.3 is 9.80 Å². The predicted molar refractivity (Wildman–Crippen MR) is 73.6 cm³/mol. The molecule has 0 spiro atoms. The first-order valence-electron chi connectivity index (χ1n) is 6.80. The molecule has 1 aliphatic rings. The van der Waals surface area contributed by atoms with Crippen LogP contribution in [0.5, 0.6) is 0 Å². The lowest BCUT2D eigenvalue weighted by molar-refractivity contribution is -0.120. The Labute approximate surface area is 118 Å². The molecule has 110 valence electrons. The maximum Gasteiger partial charge on any atom is 0.162 e. The molecule has 1 atom stereocenters. The van der Waals surface area contributed by atoms with Gasteiger partial charge in [0.2, 0.25) is 0 Å². The number of benzene rings is 1. The fourth-order valence-electron chi connectivity index (χ4n) is 2.55. The molecule has 1 heterocycles. The Morgan fingerprint density at radius 1 is 1.30 bits per heavy atom. The van der Waals surface area contributed by atoms with E-state index >= 15 is 0 Å². The number of piperazine rings is 1. The van der Waals surface area contributed by atoms with Crippen LogP contribution in [0.2, 0.25) is 0 Å². The molecule has 1 fully saturated rings. The first-order chi connectivity index (χ1) is 9.47. The predicted octanol–water partition coefficient (Wildman–Crippen LogP) is 1.71. The second-order valence-corrected chi connectivity index (χ2v) is 5.53. The van der Waals surface area contributed by atoms with Crippen molar-refractivity contribution >= 4 is 5.78 Å². The zero-order valence-electron chi connectivity index (χ0n) is 11.9. The van der Waals surface area contributed by atoms with Gasteiger partial charge in [-0.25, -0.2) is 8.78 Å². The molecular weight excluding hydrogens is 262 g/mol. The number of ketones is 1. The number of carbonyl (C=O) groups excluding carboxylic acids is 1. The van der Waals surface area contributed by atoms with E-state index in [1.807, 2.05) is 14.1 Å². The van der Waals surface area contributed by atoms with Gasteiger partial charge in [-0.05, 0) is 25.7 Å². The fraction of sp³-hybridized carbons (Fsp3) is 0.533. The molecule has 1 aromatic rings. The molecule has 1 aliphatic heterocycles. The third kappa shape index (κ3) is 3.61. The van der Waals surface area contributed by atoms with E-state index in [1.165, 1.54) is 12.1 Å². The van der Waals surface area contributed by atoms with Crippen molar-refractivity contribution in [2.45, 2.75) is 18.9 Å². The fourth-order valence-corrected chi connectivity index (χ4v) is 2.55. The van der Waals surface area contributed by atoms with Crippen molar-refractivity contribution in [3.8, 4) is 0 Å². The summed E-state index contributed by atoms with van der Waals surface area (Å²) in [4.78, 5) is 16.4. The highest BCUT2D eigenvalue weighted by Gasteiger charge is 2.24. The lowest BCUT2D eigenvalue weighted by Crippen LogP contribution is -2.50. The highest BCUT2D eigenvalue weighted by Crippen LogP contribution is 2.15. The average molecular weight is 282 g/mol. The number of hydrogen-bond donors (Lipinski definition) is 0. The normalized spacial score (nSPS) is 21.1. The van der Waals surface area contributed by atoms with E-state index < -0.39 is 11.6 Å². The van der Waals surface area contributed by atoms with Crippen LogP contribution in [0.15, 0.2) is 18.2 Å². The Balaban J connectivity index is 1.96. The summed E-state index contributed by atoms with van der Waals surface area (Å²) < 4.78 is 26.6. The topological polar surface area (TPSA) is 23.6 Å². The zero-order chi connectivity index (χ0) is 14.7. The molecule has 0 aliphatic carbocycles. The quantitative estimate of drug-likeness (QED) is 0.840. The highest BCUT2D eigenvalue weighted by molar-refractivity contribution is 5.81. The van der Waals surface area contributed by atoms with E-state index in [9.17, 15) is 13.6 Å². The molecule has 20 heavy (non-hydrogen) atoms. The number of Topliss-reactive ketones (excluding diaryl/α,β-unsaturated/α-hetero) is 1. The minimum atomic E-state index is -0.907. The van der Waals surface area contributed by atoms with E-state index in [0.717, 1.165) is 25.7 Å². The van der Waals surface area contributed by atoms with E-state index in [4.69, 9.17) is 0 Å². The lowest BCUT2D eigenvalue weighted by atomic mass is 10.0. The summed E-state index contributed by atoms with van der Waals surface area (Å²) in [7, 11) is 4.02. The molecule has 1 unspecified atom stereocenters. The third-order valence-electron chi connectivity index (χ3n) is 3.86. The van der Waals surface area contributed by atoms with Gasteiger partial charge in [-0.1, -0.05) is 12.1 Å². The second kappa shape index (κ2) is 6.41. The maximum atomic E-state index is 13.5. The van der Waals surface area contributed by atoms with Crippen molar-refractivity contribution in [3.05, 3.63) is 35.4 Å². The summed E-state index contributed by atoms with van der Waals surface area (Å²) in [5.74, 6) is -1.86. The Morgan fingerprint density at radius 2 is 2.05 bits per heavy atom. The number of likely N-dealkylation sites (N-methyl/N-ethyl adjacent to an activating group) is 2. The van der Waals surface area contributed by atoms with Crippen LogP contribution in [0.4, 0.5) is 8.78 Å². The number of halogens is 2. The van der Waals surface area contributed by atoms with Crippen LogP contribution < -0.4 is 0 Å². The molecule has 1 saturated heterocycles. The molecule has 0 saturated carbocycles. The summed E-state index contributed by atoms with van der Waals surface area (Å²) in [6.45, 7) is 2.73. The molecule has 0 N–H and O–H groups in total. The van der Waals surface area contributed by atoms with Crippen LogP contribution in [0.1, 0.15) is 12.0 Å². The molecule has 0 bridgehead atoms. The van der Waals surface area contributed by atoms with Crippen molar-refractivity contribution in [1.82, 2.24) is 9.80 Å². The van der Waals surface area contributed by atoms with Crippen LogP contribution in [0.25, 0.3) is 0 Å². The minimum absolute atomic E-state index is 0.0440. The Hall–Kier alpha value is -1.33. The van der Waals surface area contributed by atoms with Gasteiger partial charge in [-0.2, -0.15) is 0 Å². The lowest BCUT2D eigenvalue weighted by Gasteiger charge is -2.37. The van der Waals surface area contributed by atoms with Crippen molar-refractivity contribution < 1.29 is 13.6 Å². The molecular formula is C15H20F2N2O. The minimum Gasteiger partial charge on any atom is -0.304 e. The second-order valence-electron chi connectivity index (χ2n) is 5.53. The maximum absolute atomic E-state index is 13.5. The first kappa shape index (κ1) is 15.1. The Bertz CT molecular complexity index is 493. The number of nitrogens with zero attached hydrogens (tertiary/aromatic N) is 2. The molecule has 1 aromatic carbocycles. The van der Waals surface area contributed by atoms with Gasteiger partial charge in [0.15, 0.2) is 11.6 Å².